The van der Waals surface area contributed by atoms with Crippen LogP contribution >= 0.6 is 0 Å². The minimum absolute atomic E-state index is 0.261. The fraction of sp³-hybridized carbons (Fsp3) is 0.400. The molecule has 0 unspecified atom stereocenters. The minimum Gasteiger partial charge on any atom is -0.350 e. The zero-order chi connectivity index (χ0) is 16.9. The Morgan fingerprint density at radius 2 is 2.09 bits per heavy atom. The van der Waals surface area contributed by atoms with Crippen LogP contribution in [0.2, 0.25) is 0 Å². The van der Waals surface area contributed by atoms with E-state index in [0.29, 0.717) is 24.4 Å². The Kier molecular flexibility index (Phi) is 5.36. The number of carbonyl (C=O) groups is 1. The Morgan fingerprint density at radius 3 is 2.70 bits per heavy atom. The first-order valence-electron chi connectivity index (χ1n) is 7.24. The fourth-order valence-corrected chi connectivity index (χ4v) is 2.05. The lowest BCUT2D eigenvalue weighted by Gasteiger charge is -2.08. The van der Waals surface area contributed by atoms with Gasteiger partial charge in [0.2, 0.25) is 0 Å². The van der Waals surface area contributed by atoms with Crippen LogP contribution in [0.25, 0.3) is 0 Å². The topological polar surface area (TPSA) is 59.8 Å². The van der Waals surface area contributed by atoms with Crippen molar-refractivity contribution in [3.63, 3.8) is 0 Å². The molecule has 0 atom stereocenters. The van der Waals surface area contributed by atoms with Crippen LogP contribution in [0.1, 0.15) is 35.1 Å². The van der Waals surface area contributed by atoms with E-state index in [2.05, 4.69) is 15.4 Å². The minimum atomic E-state index is -4.39. The van der Waals surface area contributed by atoms with Gasteiger partial charge in [-0.25, -0.2) is 0 Å². The SMILES string of the molecule is CCCn1nccc1C(=O)NCCc1ccc(C(F)(F)F)cn1. The molecule has 0 aromatic carbocycles. The predicted molar refractivity (Wildman–Crippen MR) is 77.8 cm³/mol. The maximum atomic E-state index is 12.4. The summed E-state index contributed by atoms with van der Waals surface area (Å²) in [6, 6.07) is 3.93. The average Bonchev–Trinajstić information content (AvgIpc) is 2.95. The molecule has 0 saturated carbocycles. The lowest BCUT2D eigenvalue weighted by Crippen LogP contribution is -2.28. The monoisotopic (exact) mass is 326 g/mol. The van der Waals surface area contributed by atoms with Crippen molar-refractivity contribution in [1.82, 2.24) is 20.1 Å². The summed E-state index contributed by atoms with van der Waals surface area (Å²) >= 11 is 0. The smallest absolute Gasteiger partial charge is 0.350 e. The summed E-state index contributed by atoms with van der Waals surface area (Å²) < 4.78 is 38.9. The van der Waals surface area contributed by atoms with Gasteiger partial charge >= 0.3 is 6.18 Å². The summed E-state index contributed by atoms with van der Waals surface area (Å²) in [5.74, 6) is -0.261. The average molecular weight is 326 g/mol. The zero-order valence-corrected chi connectivity index (χ0v) is 12.6. The predicted octanol–water partition coefficient (Wildman–Crippen LogP) is 2.68. The summed E-state index contributed by atoms with van der Waals surface area (Å²) in [6.07, 6.45) is -0.823. The van der Waals surface area contributed by atoms with Crippen molar-refractivity contribution in [1.29, 1.82) is 0 Å². The molecule has 0 saturated heterocycles. The lowest BCUT2D eigenvalue weighted by molar-refractivity contribution is -0.137. The number of hydrogen-bond donors (Lipinski definition) is 1. The molecule has 2 aromatic heterocycles. The summed E-state index contributed by atoms with van der Waals surface area (Å²) in [5, 5.41) is 6.78. The highest BCUT2D eigenvalue weighted by Gasteiger charge is 2.30. The van der Waals surface area contributed by atoms with E-state index < -0.39 is 11.7 Å². The van der Waals surface area contributed by atoms with Gasteiger partial charge in [-0.2, -0.15) is 18.3 Å². The van der Waals surface area contributed by atoms with Gasteiger partial charge in [0.1, 0.15) is 5.69 Å². The number of pyridine rings is 1. The molecule has 0 aliphatic carbocycles. The number of aryl methyl sites for hydroxylation is 1. The molecule has 2 rings (SSSR count). The molecule has 23 heavy (non-hydrogen) atoms. The van der Waals surface area contributed by atoms with Crippen molar-refractivity contribution in [3.05, 3.63) is 47.5 Å². The van der Waals surface area contributed by atoms with Gasteiger partial charge in [-0.15, -0.1) is 0 Å². The molecule has 2 heterocycles. The summed E-state index contributed by atoms with van der Waals surface area (Å²) in [6.45, 7) is 2.92. The Hall–Kier alpha value is -2.38. The number of hydrogen-bond acceptors (Lipinski definition) is 3. The van der Waals surface area contributed by atoms with E-state index in [4.69, 9.17) is 0 Å². The maximum Gasteiger partial charge on any atom is 0.417 e. The number of rotatable bonds is 6. The lowest BCUT2D eigenvalue weighted by atomic mass is 10.2. The Labute approximate surface area is 131 Å². The van der Waals surface area contributed by atoms with Crippen LogP contribution in [0.3, 0.4) is 0 Å². The summed E-state index contributed by atoms with van der Waals surface area (Å²) in [7, 11) is 0. The molecule has 0 bridgehead atoms. The van der Waals surface area contributed by atoms with E-state index in [1.807, 2.05) is 6.92 Å². The molecule has 5 nitrogen and oxygen atoms in total. The maximum absolute atomic E-state index is 12.4. The van der Waals surface area contributed by atoms with Crippen LogP contribution in [0.15, 0.2) is 30.6 Å². The second-order valence-electron chi connectivity index (χ2n) is 4.98. The number of aromatic nitrogens is 3. The van der Waals surface area contributed by atoms with Crippen LogP contribution in [-0.4, -0.2) is 27.2 Å². The molecular formula is C15H17F3N4O. The summed E-state index contributed by atoms with van der Waals surface area (Å²) in [4.78, 5) is 15.8. The van der Waals surface area contributed by atoms with Crippen molar-refractivity contribution in [2.75, 3.05) is 6.54 Å². The standard InChI is InChI=1S/C15H17F3N4O/c1-2-9-22-13(6-8-21-22)14(23)19-7-5-12-4-3-11(10-20-12)15(16,17)18/h3-4,6,8,10H,2,5,7,9H2,1H3,(H,19,23). The third-order valence-corrected chi connectivity index (χ3v) is 3.20. The van der Waals surface area contributed by atoms with Crippen molar-refractivity contribution >= 4 is 5.91 Å². The number of amides is 1. The molecule has 0 radical (unpaired) electrons. The molecular weight excluding hydrogens is 309 g/mol. The van der Waals surface area contributed by atoms with E-state index in [1.54, 1.807) is 16.9 Å². The quantitative estimate of drug-likeness (QED) is 0.888. The van der Waals surface area contributed by atoms with Crippen LogP contribution in [0, 0.1) is 0 Å². The van der Waals surface area contributed by atoms with Gasteiger partial charge in [0, 0.05) is 37.6 Å². The molecule has 1 amide bonds. The highest BCUT2D eigenvalue weighted by atomic mass is 19.4. The molecule has 0 aliphatic rings. The van der Waals surface area contributed by atoms with Crippen molar-refractivity contribution in [2.24, 2.45) is 0 Å². The van der Waals surface area contributed by atoms with E-state index in [9.17, 15) is 18.0 Å². The van der Waals surface area contributed by atoms with E-state index in [1.165, 1.54) is 6.07 Å². The van der Waals surface area contributed by atoms with Gasteiger partial charge in [-0.3, -0.25) is 14.5 Å². The first-order valence-corrected chi connectivity index (χ1v) is 7.24. The van der Waals surface area contributed by atoms with Gasteiger partial charge in [0.25, 0.3) is 5.91 Å². The second-order valence-corrected chi connectivity index (χ2v) is 4.98. The molecule has 8 heteroatoms. The van der Waals surface area contributed by atoms with Crippen LogP contribution in [0.4, 0.5) is 13.2 Å². The number of carbonyl (C=O) groups excluding carboxylic acids is 1. The third-order valence-electron chi connectivity index (χ3n) is 3.20. The largest absolute Gasteiger partial charge is 0.417 e. The summed E-state index contributed by atoms with van der Waals surface area (Å²) in [5.41, 5.74) is 0.168. The van der Waals surface area contributed by atoms with Crippen LogP contribution in [-0.2, 0) is 19.1 Å². The van der Waals surface area contributed by atoms with Gasteiger partial charge in [0.05, 0.1) is 5.56 Å². The first-order chi connectivity index (χ1) is 10.9. The van der Waals surface area contributed by atoms with E-state index in [0.717, 1.165) is 18.7 Å². The highest BCUT2D eigenvalue weighted by Crippen LogP contribution is 2.28. The molecule has 0 aliphatic heterocycles. The van der Waals surface area contributed by atoms with Gasteiger partial charge in [-0.1, -0.05) is 6.92 Å². The number of halogens is 3. The Morgan fingerprint density at radius 1 is 1.30 bits per heavy atom. The van der Waals surface area contributed by atoms with E-state index >= 15 is 0 Å². The first kappa shape index (κ1) is 17.0. The van der Waals surface area contributed by atoms with Gasteiger partial charge < -0.3 is 5.32 Å². The zero-order valence-electron chi connectivity index (χ0n) is 12.6. The van der Waals surface area contributed by atoms with Gasteiger partial charge in [-0.05, 0) is 24.6 Å². The van der Waals surface area contributed by atoms with Crippen molar-refractivity contribution in [3.8, 4) is 0 Å². The number of nitrogens with zero attached hydrogens (tertiary/aromatic N) is 3. The third kappa shape index (κ3) is 4.54. The molecule has 124 valence electrons. The fourth-order valence-electron chi connectivity index (χ4n) is 2.05. The van der Waals surface area contributed by atoms with Crippen LogP contribution < -0.4 is 5.32 Å². The second kappa shape index (κ2) is 7.26. The number of nitrogens with one attached hydrogen (secondary N) is 1. The molecule has 0 fully saturated rings. The van der Waals surface area contributed by atoms with Crippen molar-refractivity contribution < 1.29 is 18.0 Å². The van der Waals surface area contributed by atoms with Crippen LogP contribution in [0.5, 0.6) is 0 Å². The molecule has 0 spiro atoms. The molecule has 2 aromatic rings. The highest BCUT2D eigenvalue weighted by molar-refractivity contribution is 5.92. The van der Waals surface area contributed by atoms with Crippen molar-refractivity contribution in [2.45, 2.75) is 32.5 Å². The molecule has 1 N–H and O–H groups in total. The normalized spacial score (nSPS) is 11.5. The Balaban J connectivity index is 1.87. The Bertz CT molecular complexity index is 649. The number of alkyl halides is 3. The van der Waals surface area contributed by atoms with Gasteiger partial charge in [0.15, 0.2) is 0 Å². The van der Waals surface area contributed by atoms with E-state index in [-0.39, 0.29) is 12.5 Å².